The number of carbonyl (C=O) groups is 1. The molecule has 14 heteroatoms. The van der Waals surface area contributed by atoms with Crippen LogP contribution in [0.4, 0.5) is 24.5 Å². The largest absolute Gasteiger partial charge is 0.413 e. The Hall–Kier alpha value is -2.90. The van der Waals surface area contributed by atoms with Crippen molar-refractivity contribution >= 4 is 44.3 Å². The summed E-state index contributed by atoms with van der Waals surface area (Å²) in [5.41, 5.74) is 1.16. The maximum Gasteiger partial charge on any atom is 0.413 e. The Labute approximate surface area is 235 Å². The van der Waals surface area contributed by atoms with Crippen molar-refractivity contribution in [3.63, 3.8) is 0 Å². The minimum atomic E-state index is -4.70. The van der Waals surface area contributed by atoms with Gasteiger partial charge in [0.15, 0.2) is 16.8 Å². The average Bonchev–Trinajstić information content (AvgIpc) is 3.28. The molecule has 1 amide bonds. The molecule has 9 nitrogen and oxygen atoms in total. The first-order chi connectivity index (χ1) is 18.8. The summed E-state index contributed by atoms with van der Waals surface area (Å²) in [5, 5.41) is 7.70. The molecule has 2 aliphatic rings. The lowest BCUT2D eigenvalue weighted by Crippen LogP contribution is -2.55. The molecule has 216 valence electrons. The maximum atomic E-state index is 14.5. The van der Waals surface area contributed by atoms with E-state index >= 15 is 0 Å². The Kier molecular flexibility index (Phi) is 7.51. The van der Waals surface area contributed by atoms with Gasteiger partial charge in [0.2, 0.25) is 5.91 Å². The molecule has 0 bridgehead atoms. The highest BCUT2D eigenvalue weighted by Crippen LogP contribution is 2.47. The van der Waals surface area contributed by atoms with Crippen molar-refractivity contribution < 1.29 is 26.9 Å². The molecule has 0 aliphatic carbocycles. The number of rotatable bonds is 6. The first-order valence-electron chi connectivity index (χ1n) is 12.9. The fourth-order valence-corrected chi connectivity index (χ4v) is 7.55. The number of hydrogen-bond acceptors (Lipinski definition) is 7. The van der Waals surface area contributed by atoms with Gasteiger partial charge in [-0.25, -0.2) is 13.7 Å². The molecule has 0 radical (unpaired) electrons. The van der Waals surface area contributed by atoms with Crippen LogP contribution in [0.25, 0.3) is 5.65 Å². The highest BCUT2D eigenvalue weighted by Gasteiger charge is 2.53. The molecule has 5 rings (SSSR count). The minimum absolute atomic E-state index is 0.0165. The number of halogens is 4. The minimum Gasteiger partial charge on any atom is -0.375 e. The number of likely N-dealkylation sites (tertiary alicyclic amines) is 1. The monoisotopic (exact) mass is 598 g/mol. The number of ether oxygens (including phenoxy) is 1. The second kappa shape index (κ2) is 10.5. The molecular formula is C26H30ClF3N6O3S. The van der Waals surface area contributed by atoms with E-state index in [4.69, 9.17) is 21.1 Å². The van der Waals surface area contributed by atoms with Crippen LogP contribution in [0, 0.1) is 10.2 Å². The van der Waals surface area contributed by atoms with Gasteiger partial charge in [-0.2, -0.15) is 18.3 Å². The zero-order valence-corrected chi connectivity index (χ0v) is 23.6. The predicted molar refractivity (Wildman–Crippen MR) is 145 cm³/mol. The average molecular weight is 599 g/mol. The van der Waals surface area contributed by atoms with Crippen LogP contribution in [-0.4, -0.2) is 61.0 Å². The van der Waals surface area contributed by atoms with Gasteiger partial charge in [0.05, 0.1) is 29.1 Å². The number of hydrogen-bond donors (Lipinski definition) is 2. The molecule has 2 aromatic heterocycles. The fraction of sp³-hybridized carbons (Fsp3) is 0.500. The fourth-order valence-electron chi connectivity index (χ4n) is 5.73. The van der Waals surface area contributed by atoms with E-state index in [1.165, 1.54) is 24.3 Å². The van der Waals surface area contributed by atoms with E-state index in [1.807, 2.05) is 6.92 Å². The number of methoxy groups -OCH3 is 1. The third-order valence-electron chi connectivity index (χ3n) is 7.95. The molecular weight excluding hydrogens is 569 g/mol. The summed E-state index contributed by atoms with van der Waals surface area (Å²) in [6.45, 7) is 1.81. The van der Waals surface area contributed by atoms with E-state index in [2.05, 4.69) is 15.4 Å². The molecule has 3 aromatic rings. The van der Waals surface area contributed by atoms with E-state index in [0.29, 0.717) is 35.6 Å². The van der Waals surface area contributed by atoms with Gasteiger partial charge in [0.25, 0.3) is 0 Å². The van der Waals surface area contributed by atoms with Crippen LogP contribution in [-0.2, 0) is 19.3 Å². The molecule has 1 aromatic carbocycles. The quantitative estimate of drug-likeness (QED) is 0.366. The molecule has 0 unspecified atom stereocenters. The highest BCUT2D eigenvalue weighted by molar-refractivity contribution is 7.92. The summed E-state index contributed by atoms with van der Waals surface area (Å²) >= 11 is 6.06. The van der Waals surface area contributed by atoms with Gasteiger partial charge in [-0.15, -0.1) is 0 Å². The number of alkyl halides is 3. The molecule has 0 saturated carbocycles. The standard InChI is InChI=1S/C26H30ClF3N6O3S/c1-16(39-2)22-19(15-32-21-14-20(27)34-36(21)22)33-18-6-4-17(5-7-18)23(26(28,29)30)35-11-3-8-25(24(35)37)9-12-40(31,38)13-10-25/h4-7,14-16,23,31,33H,3,8-13H2,1-2H3/t16-,23-,25?,40?/m0/s1. The summed E-state index contributed by atoms with van der Waals surface area (Å²) < 4.78 is 70.5. The number of piperidine rings is 1. The first-order valence-corrected chi connectivity index (χ1v) is 15.2. The lowest BCUT2D eigenvalue weighted by molar-refractivity contribution is -0.200. The van der Waals surface area contributed by atoms with Crippen molar-refractivity contribution in [1.82, 2.24) is 19.5 Å². The van der Waals surface area contributed by atoms with Crippen LogP contribution in [0.15, 0.2) is 36.5 Å². The number of anilines is 2. The van der Waals surface area contributed by atoms with Crippen molar-refractivity contribution in [2.45, 2.75) is 50.9 Å². The topological polar surface area (TPSA) is 113 Å². The van der Waals surface area contributed by atoms with Gasteiger partial charge in [0.1, 0.15) is 0 Å². The summed E-state index contributed by atoms with van der Waals surface area (Å²) in [6, 6.07) is 5.27. The molecule has 2 aliphatic heterocycles. The van der Waals surface area contributed by atoms with Crippen LogP contribution in [0.2, 0.25) is 5.15 Å². The van der Waals surface area contributed by atoms with E-state index < -0.39 is 39.4 Å². The van der Waals surface area contributed by atoms with Crippen LogP contribution < -0.4 is 5.32 Å². The Balaban J connectivity index is 1.43. The zero-order valence-electron chi connectivity index (χ0n) is 22.0. The SMILES string of the molecule is CO[C@@H](C)c1c(Nc2ccc([C@H](N3CCCC4(CCS(=N)(=O)CC4)C3=O)C(F)(F)F)cc2)cnc2cc(Cl)nn12. The molecule has 2 N–H and O–H groups in total. The lowest BCUT2D eigenvalue weighted by atomic mass is 9.73. The van der Waals surface area contributed by atoms with Gasteiger partial charge in [-0.05, 0) is 50.3 Å². The second-order valence-corrected chi connectivity index (χ2v) is 13.3. The Morgan fingerprint density at radius 1 is 1.20 bits per heavy atom. The van der Waals surface area contributed by atoms with Crippen molar-refractivity contribution in [2.24, 2.45) is 5.41 Å². The second-order valence-electron chi connectivity index (χ2n) is 10.5. The third kappa shape index (κ3) is 5.38. The molecule has 2 saturated heterocycles. The van der Waals surface area contributed by atoms with Crippen LogP contribution in [0.5, 0.6) is 0 Å². The summed E-state index contributed by atoms with van der Waals surface area (Å²) in [7, 11) is -1.23. The highest BCUT2D eigenvalue weighted by atomic mass is 35.5. The number of benzene rings is 1. The molecule has 2 fully saturated rings. The van der Waals surface area contributed by atoms with Crippen molar-refractivity contribution in [3.8, 4) is 0 Å². The van der Waals surface area contributed by atoms with E-state index in [0.717, 1.165) is 4.90 Å². The van der Waals surface area contributed by atoms with Crippen LogP contribution >= 0.6 is 11.6 Å². The van der Waals surface area contributed by atoms with E-state index in [1.54, 1.807) is 23.9 Å². The Morgan fingerprint density at radius 3 is 2.50 bits per heavy atom. The van der Waals surface area contributed by atoms with Gasteiger partial charge >= 0.3 is 6.18 Å². The van der Waals surface area contributed by atoms with Gasteiger partial charge in [-0.3, -0.25) is 9.57 Å². The van der Waals surface area contributed by atoms with Gasteiger partial charge in [0, 0.05) is 46.6 Å². The smallest absolute Gasteiger partial charge is 0.375 e. The van der Waals surface area contributed by atoms with E-state index in [9.17, 15) is 22.2 Å². The normalized spacial score (nSPS) is 25.4. The molecule has 2 atom stereocenters. The van der Waals surface area contributed by atoms with Crippen molar-refractivity contribution in [1.29, 1.82) is 4.78 Å². The molecule has 1 spiro atoms. The number of nitrogens with zero attached hydrogens (tertiary/aromatic N) is 4. The number of nitrogens with one attached hydrogen (secondary N) is 2. The van der Waals surface area contributed by atoms with Crippen molar-refractivity contribution in [3.05, 3.63) is 52.9 Å². The predicted octanol–water partition coefficient (Wildman–Crippen LogP) is 5.89. The summed E-state index contributed by atoms with van der Waals surface area (Å²) in [6.07, 6.45) is -2.29. The zero-order chi connectivity index (χ0) is 28.9. The third-order valence-corrected chi connectivity index (χ3v) is 9.86. The van der Waals surface area contributed by atoms with Crippen LogP contribution in [0.3, 0.4) is 0 Å². The Morgan fingerprint density at radius 2 is 1.88 bits per heavy atom. The summed E-state index contributed by atoms with van der Waals surface area (Å²) in [5.74, 6) is -0.481. The Bertz CT molecular complexity index is 1510. The molecule has 4 heterocycles. The number of fused-ring (bicyclic) bond motifs is 1. The van der Waals surface area contributed by atoms with Crippen LogP contribution in [0.1, 0.15) is 56.0 Å². The number of aromatic nitrogens is 3. The summed E-state index contributed by atoms with van der Waals surface area (Å²) in [4.78, 5) is 18.8. The van der Waals surface area contributed by atoms with Gasteiger partial charge < -0.3 is 15.0 Å². The van der Waals surface area contributed by atoms with E-state index in [-0.39, 0.29) is 41.6 Å². The van der Waals surface area contributed by atoms with Gasteiger partial charge in [-0.1, -0.05) is 23.7 Å². The molecule has 40 heavy (non-hydrogen) atoms. The first kappa shape index (κ1) is 28.6. The lowest BCUT2D eigenvalue weighted by Gasteiger charge is -2.47. The number of carbonyl (C=O) groups excluding carboxylic acids is 1. The van der Waals surface area contributed by atoms with Crippen molar-refractivity contribution in [2.75, 3.05) is 30.5 Å². The maximum absolute atomic E-state index is 14.5. The number of amides is 1.